The Morgan fingerprint density at radius 1 is 1.29 bits per heavy atom. The molecule has 0 spiro atoms. The molecule has 1 aromatic heterocycles. The van der Waals surface area contributed by atoms with Crippen LogP contribution in [0.3, 0.4) is 0 Å². The first kappa shape index (κ1) is 13.0. The van der Waals surface area contributed by atoms with E-state index in [1.165, 1.54) is 0 Å². The number of nitrogens with zero attached hydrogens (tertiary/aromatic N) is 1. The fraction of sp³-hybridized carbons (Fsp3) is 0.500. The molecule has 0 radical (unpaired) electrons. The quantitative estimate of drug-likeness (QED) is 0.808. The van der Waals surface area contributed by atoms with Crippen LogP contribution in [-0.2, 0) is 9.47 Å². The largest absolute Gasteiger partial charge is 0.462 e. The smallest absolute Gasteiger partial charge is 0.414 e. The topological polar surface area (TPSA) is 90.7 Å². The van der Waals surface area contributed by atoms with Crippen LogP contribution in [0.5, 0.6) is 0 Å². The summed E-state index contributed by atoms with van der Waals surface area (Å²) in [4.78, 5) is 22.8. The van der Waals surface area contributed by atoms with E-state index in [0.717, 1.165) is 0 Å². The molecule has 1 heterocycles. The molecule has 7 heteroatoms. The number of esters is 1. The Morgan fingerprint density at radius 3 is 2.53 bits per heavy atom. The second-order valence-corrected chi connectivity index (χ2v) is 3.04. The summed E-state index contributed by atoms with van der Waals surface area (Å²) in [7, 11) is 0. The zero-order valence-corrected chi connectivity index (χ0v) is 9.90. The lowest BCUT2D eigenvalue weighted by atomic mass is 10.2. The van der Waals surface area contributed by atoms with E-state index in [9.17, 15) is 9.59 Å². The summed E-state index contributed by atoms with van der Waals surface area (Å²) < 4.78 is 14.3. The van der Waals surface area contributed by atoms with Crippen molar-refractivity contribution in [3.8, 4) is 0 Å². The van der Waals surface area contributed by atoms with Crippen molar-refractivity contribution in [2.45, 2.75) is 20.8 Å². The van der Waals surface area contributed by atoms with Gasteiger partial charge in [0.1, 0.15) is 5.56 Å². The number of aryl methyl sites for hydroxylation is 1. The van der Waals surface area contributed by atoms with E-state index >= 15 is 0 Å². The van der Waals surface area contributed by atoms with Crippen molar-refractivity contribution in [1.82, 2.24) is 5.16 Å². The molecule has 1 N–H and O–H groups in total. The first-order valence-corrected chi connectivity index (χ1v) is 5.17. The highest BCUT2D eigenvalue weighted by molar-refractivity contribution is 5.98. The summed E-state index contributed by atoms with van der Waals surface area (Å²) in [5.74, 6) is -0.669. The Morgan fingerprint density at radius 2 is 1.94 bits per heavy atom. The Kier molecular flexibility index (Phi) is 4.50. The van der Waals surface area contributed by atoms with Gasteiger partial charge in [-0.2, -0.15) is 0 Å². The van der Waals surface area contributed by atoms with Gasteiger partial charge in [0.15, 0.2) is 0 Å². The molecule has 0 aliphatic carbocycles. The van der Waals surface area contributed by atoms with Gasteiger partial charge in [-0.3, -0.25) is 5.32 Å². The highest BCUT2D eigenvalue weighted by atomic mass is 16.6. The normalized spacial score (nSPS) is 9.82. The van der Waals surface area contributed by atoms with Crippen LogP contribution in [0.15, 0.2) is 4.52 Å². The highest BCUT2D eigenvalue weighted by Gasteiger charge is 2.23. The fourth-order valence-electron chi connectivity index (χ4n) is 1.16. The van der Waals surface area contributed by atoms with Crippen molar-refractivity contribution >= 4 is 17.9 Å². The summed E-state index contributed by atoms with van der Waals surface area (Å²) in [6.45, 7) is 5.36. The predicted molar refractivity (Wildman–Crippen MR) is 57.8 cm³/mol. The van der Waals surface area contributed by atoms with E-state index in [-0.39, 0.29) is 24.7 Å². The molecule has 94 valence electrons. The molecule has 0 unspecified atom stereocenters. The summed E-state index contributed by atoms with van der Waals surface area (Å²) >= 11 is 0. The number of carbonyl (C=O) groups is 2. The molecule has 0 fully saturated rings. The lowest BCUT2D eigenvalue weighted by Gasteiger charge is -2.04. The summed E-state index contributed by atoms with van der Waals surface area (Å²) in [6, 6.07) is 0. The number of anilines is 1. The van der Waals surface area contributed by atoms with Crippen molar-refractivity contribution in [3.63, 3.8) is 0 Å². The summed E-state index contributed by atoms with van der Waals surface area (Å²) in [5, 5.41) is 5.87. The minimum atomic E-state index is -0.714. The lowest BCUT2D eigenvalue weighted by molar-refractivity contribution is 0.0526. The number of carbonyl (C=O) groups excluding carboxylic acids is 2. The van der Waals surface area contributed by atoms with Gasteiger partial charge in [0.25, 0.3) is 0 Å². The predicted octanol–water partition coefficient (Wildman–Crippen LogP) is 1.73. The maximum Gasteiger partial charge on any atom is 0.414 e. The van der Waals surface area contributed by atoms with Gasteiger partial charge in [-0.25, -0.2) is 9.59 Å². The number of amides is 1. The van der Waals surface area contributed by atoms with Crippen LogP contribution in [0.25, 0.3) is 0 Å². The Bertz CT molecular complexity index is 413. The van der Waals surface area contributed by atoms with Crippen molar-refractivity contribution < 1.29 is 23.6 Å². The molecule has 0 bridgehead atoms. The van der Waals surface area contributed by atoms with Gasteiger partial charge in [-0.05, 0) is 20.8 Å². The summed E-state index contributed by atoms with van der Waals surface area (Å²) in [6.07, 6.45) is -0.714. The van der Waals surface area contributed by atoms with Crippen LogP contribution in [0.1, 0.15) is 29.9 Å². The number of hydrogen-bond donors (Lipinski definition) is 1. The molecule has 1 rings (SSSR count). The summed E-state index contributed by atoms with van der Waals surface area (Å²) in [5.41, 5.74) is 0.440. The molecule has 1 amide bonds. The fourth-order valence-corrected chi connectivity index (χ4v) is 1.16. The first-order valence-electron chi connectivity index (χ1n) is 5.17. The first-order chi connectivity index (χ1) is 8.10. The van der Waals surface area contributed by atoms with E-state index in [2.05, 4.69) is 15.2 Å². The zero-order chi connectivity index (χ0) is 12.8. The molecule has 0 aliphatic heterocycles. The molecule has 0 aromatic carbocycles. The van der Waals surface area contributed by atoms with Crippen LogP contribution in [0, 0.1) is 6.92 Å². The maximum absolute atomic E-state index is 11.6. The number of ether oxygens (including phenoxy) is 2. The van der Waals surface area contributed by atoms with E-state index in [4.69, 9.17) is 9.26 Å². The minimum absolute atomic E-state index is 0.0700. The van der Waals surface area contributed by atoms with Gasteiger partial charge in [-0.1, -0.05) is 5.16 Å². The van der Waals surface area contributed by atoms with Crippen molar-refractivity contribution in [3.05, 3.63) is 11.3 Å². The second-order valence-electron chi connectivity index (χ2n) is 3.04. The van der Waals surface area contributed by atoms with Gasteiger partial charge in [0.05, 0.1) is 18.9 Å². The van der Waals surface area contributed by atoms with Crippen molar-refractivity contribution in [2.75, 3.05) is 18.5 Å². The molecule has 0 atom stereocenters. The molecule has 0 saturated carbocycles. The van der Waals surface area contributed by atoms with Crippen LogP contribution >= 0.6 is 0 Å². The maximum atomic E-state index is 11.6. The molecule has 0 saturated heterocycles. The van der Waals surface area contributed by atoms with Crippen LogP contribution in [-0.4, -0.2) is 30.4 Å². The number of nitrogens with one attached hydrogen (secondary N) is 1. The highest BCUT2D eigenvalue weighted by Crippen LogP contribution is 2.20. The molecule has 17 heavy (non-hydrogen) atoms. The van der Waals surface area contributed by atoms with Gasteiger partial charge in [0, 0.05) is 0 Å². The monoisotopic (exact) mass is 242 g/mol. The second kappa shape index (κ2) is 5.88. The SMILES string of the molecule is CCOC(=O)Nc1onc(C)c1C(=O)OCC. The van der Waals surface area contributed by atoms with Gasteiger partial charge in [-0.15, -0.1) is 0 Å². The van der Waals surface area contributed by atoms with Crippen LogP contribution < -0.4 is 5.32 Å². The molecule has 0 aliphatic rings. The van der Waals surface area contributed by atoms with Gasteiger partial charge < -0.3 is 14.0 Å². The lowest BCUT2D eigenvalue weighted by Crippen LogP contribution is -2.16. The third-order valence-electron chi connectivity index (χ3n) is 1.83. The Hall–Kier alpha value is -2.05. The molecule has 7 nitrogen and oxygen atoms in total. The van der Waals surface area contributed by atoms with E-state index in [0.29, 0.717) is 5.69 Å². The van der Waals surface area contributed by atoms with E-state index in [1.807, 2.05) is 0 Å². The standard InChI is InChI=1S/C10H14N2O5/c1-4-15-9(13)7-6(3)12-17-8(7)11-10(14)16-5-2/h4-5H2,1-3H3,(H,11,14). The van der Waals surface area contributed by atoms with Crippen LogP contribution in [0.4, 0.5) is 10.7 Å². The third kappa shape index (κ3) is 3.20. The van der Waals surface area contributed by atoms with Crippen LogP contribution in [0.2, 0.25) is 0 Å². The Labute approximate surface area is 98.1 Å². The van der Waals surface area contributed by atoms with Gasteiger partial charge in [0.2, 0.25) is 5.88 Å². The average molecular weight is 242 g/mol. The number of hydrogen-bond acceptors (Lipinski definition) is 6. The van der Waals surface area contributed by atoms with E-state index < -0.39 is 12.1 Å². The van der Waals surface area contributed by atoms with Crippen molar-refractivity contribution in [1.29, 1.82) is 0 Å². The molecular weight excluding hydrogens is 228 g/mol. The Balaban J connectivity index is 2.86. The van der Waals surface area contributed by atoms with Gasteiger partial charge >= 0.3 is 12.1 Å². The average Bonchev–Trinajstić information content (AvgIpc) is 2.60. The third-order valence-corrected chi connectivity index (χ3v) is 1.83. The zero-order valence-electron chi connectivity index (χ0n) is 9.90. The minimum Gasteiger partial charge on any atom is -0.462 e. The number of rotatable bonds is 4. The van der Waals surface area contributed by atoms with E-state index in [1.54, 1.807) is 20.8 Å². The van der Waals surface area contributed by atoms with Crippen molar-refractivity contribution in [2.24, 2.45) is 0 Å². The molecular formula is C10H14N2O5. The molecule has 1 aromatic rings. The number of aromatic nitrogens is 1.